The van der Waals surface area contributed by atoms with Crippen LogP contribution in [0.2, 0.25) is 0 Å². The Kier molecular flexibility index (Phi) is 4.77. The normalized spacial score (nSPS) is 17.1. The van der Waals surface area contributed by atoms with E-state index in [4.69, 9.17) is 0 Å². The summed E-state index contributed by atoms with van der Waals surface area (Å²) in [6, 6.07) is 2.52. The zero-order valence-electron chi connectivity index (χ0n) is 12.3. The summed E-state index contributed by atoms with van der Waals surface area (Å²) in [4.78, 5) is 17.9. The van der Waals surface area contributed by atoms with E-state index in [-0.39, 0.29) is 5.78 Å². The van der Waals surface area contributed by atoms with E-state index in [2.05, 4.69) is 22.1 Å². The number of likely N-dealkylation sites (N-methyl/N-ethyl adjacent to an activating group) is 1. The number of piperidine rings is 1. The fourth-order valence-corrected chi connectivity index (χ4v) is 2.95. The first kappa shape index (κ1) is 14.3. The number of hydrogen-bond donors (Lipinski definition) is 2. The lowest BCUT2D eigenvalue weighted by Crippen LogP contribution is -2.45. The Morgan fingerprint density at radius 3 is 2.58 bits per heavy atom. The molecule has 0 aromatic carbocycles. The number of nitrogens with one attached hydrogen (secondary N) is 2. The van der Waals surface area contributed by atoms with Gasteiger partial charge in [-0.3, -0.25) is 9.69 Å². The number of ketones is 1. The molecule has 1 saturated heterocycles. The second kappa shape index (κ2) is 6.35. The summed E-state index contributed by atoms with van der Waals surface area (Å²) >= 11 is 0. The van der Waals surface area contributed by atoms with Crippen LogP contribution in [0.25, 0.3) is 0 Å². The zero-order valence-corrected chi connectivity index (χ0v) is 12.3. The van der Waals surface area contributed by atoms with E-state index in [0.717, 1.165) is 49.4 Å². The van der Waals surface area contributed by atoms with Crippen molar-refractivity contribution in [3.05, 3.63) is 23.0 Å². The molecule has 19 heavy (non-hydrogen) atoms. The van der Waals surface area contributed by atoms with Crippen LogP contribution in [0.4, 0.5) is 0 Å². The fourth-order valence-electron chi connectivity index (χ4n) is 2.95. The van der Waals surface area contributed by atoms with Crippen molar-refractivity contribution in [2.45, 2.75) is 39.7 Å². The molecule has 1 aromatic rings. The summed E-state index contributed by atoms with van der Waals surface area (Å²) in [6.07, 6.45) is 2.29. The molecule has 2 N–H and O–H groups in total. The average Bonchev–Trinajstić information content (AvgIpc) is 2.76. The van der Waals surface area contributed by atoms with Gasteiger partial charge in [-0.15, -0.1) is 0 Å². The maximum absolute atomic E-state index is 12.4. The van der Waals surface area contributed by atoms with Crippen molar-refractivity contribution in [3.63, 3.8) is 0 Å². The Labute approximate surface area is 115 Å². The Bertz CT molecular complexity index is 433. The molecule has 1 fully saturated rings. The molecule has 0 amide bonds. The summed E-state index contributed by atoms with van der Waals surface area (Å²) in [5.74, 6) is 0.238. The molecule has 4 nitrogen and oxygen atoms in total. The molecule has 0 radical (unpaired) electrons. The first-order chi connectivity index (χ1) is 9.11. The lowest BCUT2D eigenvalue weighted by Gasteiger charge is -2.33. The van der Waals surface area contributed by atoms with Crippen LogP contribution < -0.4 is 5.32 Å². The predicted octanol–water partition coefficient (Wildman–Crippen LogP) is 1.89. The molecule has 0 saturated carbocycles. The molecule has 0 unspecified atom stereocenters. The van der Waals surface area contributed by atoms with Crippen LogP contribution in [-0.2, 0) is 0 Å². The van der Waals surface area contributed by atoms with Gasteiger partial charge in [0.2, 0.25) is 0 Å². The van der Waals surface area contributed by atoms with Crippen LogP contribution in [0.15, 0.2) is 6.07 Å². The number of aromatic amines is 1. The molecule has 2 rings (SSSR count). The number of H-pyrrole nitrogens is 1. The first-order valence-corrected chi connectivity index (χ1v) is 7.26. The molecule has 2 heterocycles. The van der Waals surface area contributed by atoms with Crippen molar-refractivity contribution in [1.82, 2.24) is 15.2 Å². The van der Waals surface area contributed by atoms with E-state index in [1.54, 1.807) is 0 Å². The number of carbonyl (C=O) groups is 1. The van der Waals surface area contributed by atoms with E-state index in [9.17, 15) is 4.79 Å². The molecule has 0 aliphatic carbocycles. The number of Topliss-reactive ketones (excluding diaryl/α,β-unsaturated/α-hetero) is 1. The molecule has 106 valence electrons. The highest BCUT2D eigenvalue weighted by Gasteiger charge is 2.23. The van der Waals surface area contributed by atoms with Crippen molar-refractivity contribution in [2.75, 3.05) is 26.2 Å². The van der Waals surface area contributed by atoms with Gasteiger partial charge in [-0.05, 0) is 52.4 Å². The summed E-state index contributed by atoms with van der Waals surface area (Å²) < 4.78 is 0. The minimum absolute atomic E-state index is 0.238. The Hall–Kier alpha value is -1.13. The van der Waals surface area contributed by atoms with Crippen molar-refractivity contribution < 1.29 is 4.79 Å². The Morgan fingerprint density at radius 2 is 2.05 bits per heavy atom. The minimum atomic E-state index is 0.238. The molecule has 0 bridgehead atoms. The van der Waals surface area contributed by atoms with Gasteiger partial charge in [0.1, 0.15) is 0 Å². The number of carbonyl (C=O) groups excluding carboxylic acids is 1. The highest BCUT2D eigenvalue weighted by Crippen LogP contribution is 2.15. The molecule has 0 atom stereocenters. The summed E-state index contributed by atoms with van der Waals surface area (Å²) in [5.41, 5.74) is 2.90. The highest BCUT2D eigenvalue weighted by molar-refractivity contribution is 5.98. The molecule has 1 aromatic heterocycles. The largest absolute Gasteiger partial charge is 0.362 e. The van der Waals surface area contributed by atoms with E-state index >= 15 is 0 Å². The van der Waals surface area contributed by atoms with Crippen LogP contribution >= 0.6 is 0 Å². The predicted molar refractivity (Wildman–Crippen MR) is 77.7 cm³/mol. The zero-order chi connectivity index (χ0) is 13.8. The van der Waals surface area contributed by atoms with Crippen LogP contribution in [0.1, 0.15) is 41.5 Å². The van der Waals surface area contributed by atoms with Gasteiger partial charge in [-0.25, -0.2) is 0 Å². The third-order valence-electron chi connectivity index (χ3n) is 4.03. The smallest absolute Gasteiger partial charge is 0.178 e. The molecule has 1 aliphatic rings. The number of nitrogens with zero attached hydrogens (tertiary/aromatic N) is 1. The van der Waals surface area contributed by atoms with Crippen molar-refractivity contribution in [3.8, 4) is 0 Å². The van der Waals surface area contributed by atoms with Crippen LogP contribution in [-0.4, -0.2) is 47.9 Å². The van der Waals surface area contributed by atoms with Gasteiger partial charge in [-0.1, -0.05) is 6.92 Å². The monoisotopic (exact) mass is 263 g/mol. The number of aromatic nitrogens is 1. The van der Waals surface area contributed by atoms with E-state index in [1.807, 2.05) is 19.9 Å². The van der Waals surface area contributed by atoms with Gasteiger partial charge in [-0.2, -0.15) is 0 Å². The van der Waals surface area contributed by atoms with E-state index in [1.165, 1.54) is 0 Å². The quantitative estimate of drug-likeness (QED) is 0.798. The third kappa shape index (κ3) is 3.45. The average molecular weight is 263 g/mol. The number of rotatable bonds is 5. The highest BCUT2D eigenvalue weighted by atomic mass is 16.1. The van der Waals surface area contributed by atoms with Crippen LogP contribution in [0, 0.1) is 13.8 Å². The summed E-state index contributed by atoms with van der Waals surface area (Å²) in [5, 5.41) is 3.37. The SMILES string of the molecule is CCN(CC(=O)c1cc(C)[nH]c1C)C1CCNCC1. The Morgan fingerprint density at radius 1 is 1.37 bits per heavy atom. The molecular weight excluding hydrogens is 238 g/mol. The number of hydrogen-bond acceptors (Lipinski definition) is 3. The van der Waals surface area contributed by atoms with Crippen molar-refractivity contribution in [2.24, 2.45) is 0 Å². The van der Waals surface area contributed by atoms with Gasteiger partial charge in [0.25, 0.3) is 0 Å². The third-order valence-corrected chi connectivity index (χ3v) is 4.03. The minimum Gasteiger partial charge on any atom is -0.362 e. The maximum atomic E-state index is 12.4. The van der Waals surface area contributed by atoms with Gasteiger partial charge < -0.3 is 10.3 Å². The van der Waals surface area contributed by atoms with Crippen LogP contribution in [0.5, 0.6) is 0 Å². The molecular formula is C15H25N3O. The topological polar surface area (TPSA) is 48.1 Å². The Balaban J connectivity index is 2.01. The maximum Gasteiger partial charge on any atom is 0.178 e. The van der Waals surface area contributed by atoms with E-state index < -0.39 is 0 Å². The molecule has 4 heteroatoms. The van der Waals surface area contributed by atoms with Gasteiger partial charge in [0, 0.05) is 23.0 Å². The fraction of sp³-hybridized carbons (Fsp3) is 0.667. The van der Waals surface area contributed by atoms with E-state index in [0.29, 0.717) is 12.6 Å². The van der Waals surface area contributed by atoms with Gasteiger partial charge >= 0.3 is 0 Å². The summed E-state index contributed by atoms with van der Waals surface area (Å²) in [6.45, 7) is 9.73. The van der Waals surface area contributed by atoms with Crippen molar-refractivity contribution >= 4 is 5.78 Å². The number of aryl methyl sites for hydroxylation is 2. The lowest BCUT2D eigenvalue weighted by molar-refractivity contribution is 0.0874. The second-order valence-electron chi connectivity index (χ2n) is 5.46. The molecule has 1 aliphatic heterocycles. The summed E-state index contributed by atoms with van der Waals surface area (Å²) in [7, 11) is 0. The lowest BCUT2D eigenvalue weighted by atomic mass is 10.0. The first-order valence-electron chi connectivity index (χ1n) is 7.26. The van der Waals surface area contributed by atoms with Crippen LogP contribution in [0.3, 0.4) is 0 Å². The van der Waals surface area contributed by atoms with Gasteiger partial charge in [0.05, 0.1) is 6.54 Å². The van der Waals surface area contributed by atoms with Gasteiger partial charge in [0.15, 0.2) is 5.78 Å². The van der Waals surface area contributed by atoms with Crippen molar-refractivity contribution in [1.29, 1.82) is 0 Å². The molecule has 0 spiro atoms. The standard InChI is InChI=1S/C15H25N3O/c1-4-18(13-5-7-16-8-6-13)10-15(19)14-9-11(2)17-12(14)3/h9,13,16-17H,4-8,10H2,1-3H3. The second-order valence-corrected chi connectivity index (χ2v) is 5.46.